The lowest BCUT2D eigenvalue weighted by Crippen LogP contribution is -2.42. The molecule has 35 heavy (non-hydrogen) atoms. The summed E-state index contributed by atoms with van der Waals surface area (Å²) in [6.45, 7) is -2.17. The summed E-state index contributed by atoms with van der Waals surface area (Å²) in [5, 5.41) is 0. The molecule has 0 heterocycles. The molecule has 0 aromatic carbocycles. The molecule has 0 bridgehead atoms. The van der Waals surface area contributed by atoms with E-state index in [-0.39, 0.29) is 18.7 Å². The van der Waals surface area contributed by atoms with E-state index in [4.69, 9.17) is 9.11 Å². The molecule has 218 valence electrons. The Labute approximate surface area is 196 Å². The van der Waals surface area contributed by atoms with Crippen molar-refractivity contribution in [1.29, 1.82) is 0 Å². The molecule has 0 aromatic rings. The van der Waals surface area contributed by atoms with Crippen molar-refractivity contribution < 1.29 is 69.8 Å². The van der Waals surface area contributed by atoms with Crippen LogP contribution in [-0.2, 0) is 20.2 Å². The summed E-state index contributed by atoms with van der Waals surface area (Å²) < 4.78 is 183. The van der Waals surface area contributed by atoms with Crippen molar-refractivity contribution in [2.75, 3.05) is 24.9 Å². The minimum Gasteiger partial charge on any atom is -0.344 e. The number of halogens is 10. The molecule has 8 N–H and O–H groups in total. The predicted octanol–water partition coefficient (Wildman–Crippen LogP) is 3.89. The number of rotatable bonds is 15. The van der Waals surface area contributed by atoms with Crippen LogP contribution in [0.1, 0.15) is 19.3 Å². The van der Waals surface area contributed by atoms with Crippen LogP contribution in [0.2, 0.25) is 0 Å². The van der Waals surface area contributed by atoms with E-state index in [1.807, 2.05) is 0 Å². The molecule has 0 spiro atoms. The van der Waals surface area contributed by atoms with Gasteiger partial charge in [0.1, 0.15) is 23.8 Å². The van der Waals surface area contributed by atoms with Crippen LogP contribution in [0.5, 0.6) is 0 Å². The fourth-order valence-corrected chi connectivity index (χ4v) is 3.25. The summed E-state index contributed by atoms with van der Waals surface area (Å²) in [6, 6.07) is 0. The van der Waals surface area contributed by atoms with Crippen molar-refractivity contribution in [3.05, 3.63) is 0 Å². The third kappa shape index (κ3) is 19.9. The maximum atomic E-state index is 13.0. The molecule has 0 aliphatic heterocycles. The molecule has 0 rings (SSSR count). The minimum atomic E-state index is -4.92. The van der Waals surface area contributed by atoms with Gasteiger partial charge in [-0.15, -0.1) is 0 Å². The quantitative estimate of drug-likeness (QED) is 0.164. The molecule has 8 atom stereocenters. The van der Waals surface area contributed by atoms with Gasteiger partial charge in [-0.1, -0.05) is 0 Å². The second-order valence-electron chi connectivity index (χ2n) is 6.65. The fourth-order valence-electron chi connectivity index (χ4n) is 2.08. The van der Waals surface area contributed by atoms with Gasteiger partial charge < -0.3 is 12.3 Å². The second-order valence-corrected chi connectivity index (χ2v) is 9.64. The van der Waals surface area contributed by atoms with Gasteiger partial charge in [-0.3, -0.25) is 17.9 Å². The summed E-state index contributed by atoms with van der Waals surface area (Å²) in [6.07, 6.45) is -24.8. The Morgan fingerprint density at radius 1 is 0.514 bits per heavy atom. The third-order valence-corrected chi connectivity index (χ3v) is 5.21. The summed E-state index contributed by atoms with van der Waals surface area (Å²) >= 11 is 0. The molecular formula is C15H30F10N2O6S2. The van der Waals surface area contributed by atoms with Crippen LogP contribution >= 0.6 is 0 Å². The standard InChI is InChI=1S/C8H12F6O3S.C7H12F4O3S.2H3N/c9-2-1-4(10)6(12)8(14)7(13)5(11)3-18(15,16)17;8-3-1-2-5(9)7(11)6(10)4-15(12,13)14;;/h4-8H,1-3H2,(H,15,16,17);5-7H,1-4H2,(H,12,13,14);2*1H3. The Balaban J connectivity index is -0.000000263. The van der Waals surface area contributed by atoms with Crippen molar-refractivity contribution in [3.8, 4) is 0 Å². The van der Waals surface area contributed by atoms with Gasteiger partial charge in [-0.25, -0.2) is 35.1 Å². The van der Waals surface area contributed by atoms with Crippen molar-refractivity contribution in [1.82, 2.24) is 12.3 Å². The van der Waals surface area contributed by atoms with Gasteiger partial charge in [-0.2, -0.15) is 16.8 Å². The zero-order chi connectivity index (χ0) is 26.6. The maximum absolute atomic E-state index is 13.0. The first-order chi connectivity index (χ1) is 14.9. The predicted molar refractivity (Wildman–Crippen MR) is 108 cm³/mol. The van der Waals surface area contributed by atoms with Gasteiger partial charge in [0.2, 0.25) is 0 Å². The van der Waals surface area contributed by atoms with Gasteiger partial charge in [-0.05, 0) is 12.8 Å². The highest BCUT2D eigenvalue weighted by Crippen LogP contribution is 2.23. The largest absolute Gasteiger partial charge is 0.344 e. The van der Waals surface area contributed by atoms with E-state index in [1.54, 1.807) is 0 Å². The van der Waals surface area contributed by atoms with E-state index in [0.717, 1.165) is 0 Å². The Bertz CT molecular complexity index is 740. The molecule has 20 heteroatoms. The van der Waals surface area contributed by atoms with Crippen LogP contribution in [0.3, 0.4) is 0 Å². The van der Waals surface area contributed by atoms with E-state index in [2.05, 4.69) is 0 Å². The van der Waals surface area contributed by atoms with Crippen LogP contribution < -0.4 is 12.3 Å². The highest BCUT2D eigenvalue weighted by atomic mass is 32.2. The molecule has 0 aliphatic carbocycles. The molecule has 0 saturated heterocycles. The molecule has 0 amide bonds. The Kier molecular flexibility index (Phi) is 22.6. The average Bonchev–Trinajstić information content (AvgIpc) is 2.67. The molecule has 0 saturated carbocycles. The van der Waals surface area contributed by atoms with Crippen molar-refractivity contribution in [2.45, 2.75) is 68.6 Å². The van der Waals surface area contributed by atoms with Crippen LogP contribution in [0.25, 0.3) is 0 Å². The first-order valence-electron chi connectivity index (χ1n) is 9.02. The lowest BCUT2D eigenvalue weighted by Gasteiger charge is -2.21. The first-order valence-corrected chi connectivity index (χ1v) is 12.2. The highest BCUT2D eigenvalue weighted by molar-refractivity contribution is 7.86. The minimum absolute atomic E-state index is 0. The van der Waals surface area contributed by atoms with Gasteiger partial charge >= 0.3 is 0 Å². The Morgan fingerprint density at radius 3 is 1.20 bits per heavy atom. The molecule has 0 aliphatic rings. The third-order valence-electron chi connectivity index (χ3n) is 3.73. The summed E-state index contributed by atoms with van der Waals surface area (Å²) in [5.74, 6) is -3.27. The Hall–Kier alpha value is -0.960. The van der Waals surface area contributed by atoms with E-state index in [1.165, 1.54) is 0 Å². The summed E-state index contributed by atoms with van der Waals surface area (Å²) in [7, 11) is -9.59. The molecule has 0 radical (unpaired) electrons. The summed E-state index contributed by atoms with van der Waals surface area (Å²) in [4.78, 5) is 0. The van der Waals surface area contributed by atoms with Gasteiger partial charge in [0.15, 0.2) is 37.0 Å². The molecule has 8 unspecified atom stereocenters. The van der Waals surface area contributed by atoms with E-state index >= 15 is 0 Å². The Morgan fingerprint density at radius 2 is 0.857 bits per heavy atom. The number of hydrogen-bond acceptors (Lipinski definition) is 6. The fraction of sp³-hybridized carbons (Fsp3) is 1.00. The number of hydrogen-bond donors (Lipinski definition) is 4. The zero-order valence-electron chi connectivity index (χ0n) is 18.1. The first kappa shape index (κ1) is 41.2. The van der Waals surface area contributed by atoms with Crippen LogP contribution in [-0.4, -0.2) is 100 Å². The van der Waals surface area contributed by atoms with E-state index < -0.39 is 107 Å². The van der Waals surface area contributed by atoms with E-state index in [9.17, 15) is 60.7 Å². The average molecular weight is 589 g/mol. The maximum Gasteiger partial charge on any atom is 0.267 e. The van der Waals surface area contributed by atoms with Crippen molar-refractivity contribution in [3.63, 3.8) is 0 Å². The topological polar surface area (TPSA) is 179 Å². The highest BCUT2D eigenvalue weighted by Gasteiger charge is 2.41. The van der Waals surface area contributed by atoms with Gasteiger partial charge in [0.05, 0.1) is 13.3 Å². The number of alkyl halides is 10. The van der Waals surface area contributed by atoms with Crippen LogP contribution in [0.4, 0.5) is 43.9 Å². The SMILES string of the molecule is N.N.O=S(=O)(O)CC(F)C(F)C(F)C(F)C(F)CCF.O=S(=O)(O)CC(F)C(F)C(F)CCCF. The van der Waals surface area contributed by atoms with Gasteiger partial charge in [0, 0.05) is 6.42 Å². The van der Waals surface area contributed by atoms with Crippen molar-refractivity contribution >= 4 is 20.2 Å². The molecule has 0 fully saturated rings. The molecule has 0 aromatic heterocycles. The van der Waals surface area contributed by atoms with Crippen molar-refractivity contribution in [2.24, 2.45) is 0 Å². The van der Waals surface area contributed by atoms with E-state index in [0.29, 0.717) is 0 Å². The molecular weight excluding hydrogens is 558 g/mol. The van der Waals surface area contributed by atoms with Crippen LogP contribution in [0, 0.1) is 0 Å². The normalized spacial score (nSPS) is 18.7. The van der Waals surface area contributed by atoms with Crippen LogP contribution in [0.15, 0.2) is 0 Å². The monoisotopic (exact) mass is 588 g/mol. The summed E-state index contributed by atoms with van der Waals surface area (Å²) in [5.41, 5.74) is 0. The lowest BCUT2D eigenvalue weighted by atomic mass is 10.0. The molecule has 8 nitrogen and oxygen atoms in total. The zero-order valence-corrected chi connectivity index (χ0v) is 19.7. The van der Waals surface area contributed by atoms with Gasteiger partial charge in [0.25, 0.3) is 20.2 Å². The smallest absolute Gasteiger partial charge is 0.267 e. The second kappa shape index (κ2) is 19.2. The lowest BCUT2D eigenvalue weighted by molar-refractivity contribution is 0.00269.